The second-order valence-corrected chi connectivity index (χ2v) is 10.1. The van der Waals surface area contributed by atoms with Crippen molar-refractivity contribution in [3.63, 3.8) is 0 Å². The minimum Gasteiger partial charge on any atom is -0.461 e. The van der Waals surface area contributed by atoms with Crippen LogP contribution in [0.15, 0.2) is 53.4 Å². The number of nitrogens with zero attached hydrogens (tertiary/aromatic N) is 1. The molecule has 1 saturated heterocycles. The van der Waals surface area contributed by atoms with Crippen LogP contribution in [-0.4, -0.2) is 31.8 Å². The Morgan fingerprint density at radius 2 is 1.53 bits per heavy atom. The first-order chi connectivity index (χ1) is 14.4. The first kappa shape index (κ1) is 22.5. The van der Waals surface area contributed by atoms with Gasteiger partial charge in [-0.1, -0.05) is 56.7 Å². The number of carbonyl (C=O) groups excluding carboxylic acids is 1. The van der Waals surface area contributed by atoms with Crippen molar-refractivity contribution in [1.29, 1.82) is 0 Å². The number of esters is 1. The van der Waals surface area contributed by atoms with Gasteiger partial charge >= 0.3 is 5.97 Å². The third kappa shape index (κ3) is 5.92. The van der Waals surface area contributed by atoms with Crippen molar-refractivity contribution >= 4 is 16.0 Å². The molecule has 6 heteroatoms. The van der Waals surface area contributed by atoms with Crippen LogP contribution in [0.1, 0.15) is 62.1 Å². The highest BCUT2D eigenvalue weighted by molar-refractivity contribution is 7.89. The average molecular weight is 430 g/mol. The van der Waals surface area contributed by atoms with Gasteiger partial charge in [0.25, 0.3) is 0 Å². The Balaban J connectivity index is 1.48. The molecule has 1 aliphatic heterocycles. The van der Waals surface area contributed by atoms with Crippen molar-refractivity contribution in [2.75, 3.05) is 13.1 Å². The fourth-order valence-corrected chi connectivity index (χ4v) is 5.08. The van der Waals surface area contributed by atoms with Crippen LogP contribution < -0.4 is 0 Å². The maximum absolute atomic E-state index is 12.7. The van der Waals surface area contributed by atoms with Crippen LogP contribution >= 0.6 is 0 Å². The molecule has 0 N–H and O–H groups in total. The van der Waals surface area contributed by atoms with Gasteiger partial charge in [-0.2, -0.15) is 4.31 Å². The summed E-state index contributed by atoms with van der Waals surface area (Å²) in [5.41, 5.74) is 3.15. The Labute approximate surface area is 180 Å². The summed E-state index contributed by atoms with van der Waals surface area (Å²) in [6, 6.07) is 15.0. The van der Waals surface area contributed by atoms with Crippen LogP contribution in [0, 0.1) is 0 Å². The fourth-order valence-electron chi connectivity index (χ4n) is 3.56. The summed E-state index contributed by atoms with van der Waals surface area (Å²) < 4.78 is 32.3. The van der Waals surface area contributed by atoms with Crippen LogP contribution in [-0.2, 0) is 32.6 Å². The van der Waals surface area contributed by atoms with E-state index in [-0.39, 0.29) is 19.0 Å². The van der Waals surface area contributed by atoms with Gasteiger partial charge in [-0.15, -0.1) is 0 Å². The molecule has 0 aromatic heterocycles. The van der Waals surface area contributed by atoms with E-state index in [1.165, 1.54) is 5.56 Å². The van der Waals surface area contributed by atoms with Crippen LogP contribution in [0.5, 0.6) is 0 Å². The normalized spacial score (nSPS) is 15.3. The molecule has 0 atom stereocenters. The maximum atomic E-state index is 12.7. The molecule has 3 rings (SSSR count). The number of ether oxygens (including phenoxy) is 1. The summed E-state index contributed by atoms with van der Waals surface area (Å²) in [6.45, 7) is 5.74. The summed E-state index contributed by atoms with van der Waals surface area (Å²) in [6.07, 6.45) is 3.71. The van der Waals surface area contributed by atoms with Crippen LogP contribution in [0.4, 0.5) is 0 Å². The summed E-state index contributed by atoms with van der Waals surface area (Å²) in [7, 11) is -3.42. The van der Waals surface area contributed by atoms with Gasteiger partial charge in [-0.3, -0.25) is 4.79 Å². The number of piperidine rings is 1. The van der Waals surface area contributed by atoms with E-state index in [0.29, 0.717) is 30.3 Å². The standard InChI is InChI=1S/C24H31NO4S/c1-19(2)22-11-6-21(7-12-22)18-29-24(26)15-10-20-8-13-23(14-9-20)30(27,28)25-16-4-3-5-17-25/h6-9,11-14,19H,3-5,10,15-18H2,1-2H3. The molecule has 1 aliphatic rings. The Kier molecular flexibility index (Phi) is 7.67. The van der Waals surface area contributed by atoms with Crippen LogP contribution in [0.25, 0.3) is 0 Å². The molecular formula is C24H31NO4S. The molecule has 0 amide bonds. The zero-order chi connectivity index (χ0) is 21.6. The van der Waals surface area contributed by atoms with Crippen molar-refractivity contribution in [1.82, 2.24) is 4.31 Å². The van der Waals surface area contributed by atoms with Gasteiger partial charge in [0.05, 0.1) is 4.90 Å². The highest BCUT2D eigenvalue weighted by atomic mass is 32.2. The minimum atomic E-state index is -3.42. The Hall–Kier alpha value is -2.18. The van der Waals surface area contributed by atoms with Gasteiger partial charge in [0, 0.05) is 19.5 Å². The van der Waals surface area contributed by atoms with E-state index in [1.54, 1.807) is 28.6 Å². The number of sulfonamides is 1. The molecule has 162 valence electrons. The molecular weight excluding hydrogens is 398 g/mol. The zero-order valence-electron chi connectivity index (χ0n) is 17.8. The number of aryl methyl sites for hydroxylation is 1. The van der Waals surface area contributed by atoms with E-state index in [1.807, 2.05) is 12.1 Å². The van der Waals surface area contributed by atoms with Crippen molar-refractivity contribution in [2.24, 2.45) is 0 Å². The number of benzene rings is 2. The third-order valence-electron chi connectivity index (χ3n) is 5.54. The molecule has 0 saturated carbocycles. The lowest BCUT2D eigenvalue weighted by atomic mass is 10.0. The first-order valence-corrected chi connectivity index (χ1v) is 12.1. The summed E-state index contributed by atoms with van der Waals surface area (Å²) >= 11 is 0. The molecule has 2 aromatic carbocycles. The second kappa shape index (κ2) is 10.2. The largest absolute Gasteiger partial charge is 0.461 e. The number of rotatable bonds is 8. The predicted molar refractivity (Wildman–Crippen MR) is 118 cm³/mol. The van der Waals surface area contributed by atoms with E-state index in [9.17, 15) is 13.2 Å². The van der Waals surface area contributed by atoms with Crippen LogP contribution in [0.3, 0.4) is 0 Å². The summed E-state index contributed by atoms with van der Waals surface area (Å²) in [5.74, 6) is 0.218. The van der Waals surface area contributed by atoms with Crippen molar-refractivity contribution < 1.29 is 17.9 Å². The predicted octanol–water partition coefficient (Wildman–Crippen LogP) is 4.66. The van der Waals surface area contributed by atoms with Crippen molar-refractivity contribution in [3.8, 4) is 0 Å². The summed E-state index contributed by atoms with van der Waals surface area (Å²) in [5, 5.41) is 0. The lowest BCUT2D eigenvalue weighted by molar-refractivity contribution is -0.144. The molecule has 5 nitrogen and oxygen atoms in total. The number of hydrogen-bond acceptors (Lipinski definition) is 4. The zero-order valence-corrected chi connectivity index (χ0v) is 18.7. The van der Waals surface area contributed by atoms with Crippen molar-refractivity contribution in [2.45, 2.75) is 63.4 Å². The van der Waals surface area contributed by atoms with Crippen LogP contribution in [0.2, 0.25) is 0 Å². The quantitative estimate of drug-likeness (QED) is 0.573. The van der Waals surface area contributed by atoms with Gasteiger partial charge in [0.2, 0.25) is 10.0 Å². The second-order valence-electron chi connectivity index (χ2n) is 8.17. The van der Waals surface area contributed by atoms with Crippen molar-refractivity contribution in [3.05, 3.63) is 65.2 Å². The third-order valence-corrected chi connectivity index (χ3v) is 7.45. The van der Waals surface area contributed by atoms with E-state index in [0.717, 1.165) is 30.4 Å². The monoisotopic (exact) mass is 429 g/mol. The van der Waals surface area contributed by atoms with E-state index in [4.69, 9.17) is 4.74 Å². The Morgan fingerprint density at radius 3 is 2.13 bits per heavy atom. The fraction of sp³-hybridized carbons (Fsp3) is 0.458. The Morgan fingerprint density at radius 1 is 0.933 bits per heavy atom. The molecule has 30 heavy (non-hydrogen) atoms. The van der Waals surface area contributed by atoms with Gasteiger partial charge in [0.1, 0.15) is 6.61 Å². The van der Waals surface area contributed by atoms with E-state index >= 15 is 0 Å². The van der Waals surface area contributed by atoms with Gasteiger partial charge < -0.3 is 4.74 Å². The number of hydrogen-bond donors (Lipinski definition) is 0. The highest BCUT2D eigenvalue weighted by Crippen LogP contribution is 2.21. The van der Waals surface area contributed by atoms with E-state index < -0.39 is 10.0 Å². The van der Waals surface area contributed by atoms with Gasteiger partial charge in [-0.25, -0.2) is 8.42 Å². The molecule has 0 unspecified atom stereocenters. The molecule has 0 bridgehead atoms. The molecule has 0 spiro atoms. The molecule has 0 radical (unpaired) electrons. The van der Waals surface area contributed by atoms with Gasteiger partial charge in [0.15, 0.2) is 0 Å². The Bertz CT molecular complexity index is 928. The lowest BCUT2D eigenvalue weighted by Gasteiger charge is -2.25. The van der Waals surface area contributed by atoms with E-state index in [2.05, 4.69) is 26.0 Å². The number of carbonyl (C=O) groups is 1. The van der Waals surface area contributed by atoms with Gasteiger partial charge in [-0.05, 0) is 54.0 Å². The SMILES string of the molecule is CC(C)c1ccc(COC(=O)CCc2ccc(S(=O)(=O)N3CCCCC3)cc2)cc1. The molecule has 0 aliphatic carbocycles. The average Bonchev–Trinajstić information content (AvgIpc) is 2.77. The minimum absolute atomic E-state index is 0.257. The topological polar surface area (TPSA) is 63.7 Å². The molecule has 1 fully saturated rings. The highest BCUT2D eigenvalue weighted by Gasteiger charge is 2.25. The first-order valence-electron chi connectivity index (χ1n) is 10.7. The summed E-state index contributed by atoms with van der Waals surface area (Å²) in [4.78, 5) is 12.4. The smallest absolute Gasteiger partial charge is 0.306 e. The molecule has 2 aromatic rings. The maximum Gasteiger partial charge on any atom is 0.306 e. The molecule has 1 heterocycles. The lowest BCUT2D eigenvalue weighted by Crippen LogP contribution is -2.35.